The van der Waals surface area contributed by atoms with Crippen molar-refractivity contribution >= 4 is 78.7 Å². The molecule has 0 saturated heterocycles. The summed E-state index contributed by atoms with van der Waals surface area (Å²) in [5, 5.41) is 3.40. The largest absolute Gasteiger partial charge is 0.386 e. The molecule has 0 aromatic heterocycles. The lowest BCUT2D eigenvalue weighted by Crippen LogP contribution is -2.13. The van der Waals surface area contributed by atoms with Crippen molar-refractivity contribution in [2.75, 3.05) is 0 Å². The van der Waals surface area contributed by atoms with Crippen LogP contribution in [0.3, 0.4) is 0 Å². The Labute approximate surface area is 183 Å². The number of rotatable bonds is 2. The summed E-state index contributed by atoms with van der Waals surface area (Å²) in [5.74, 6) is -1.29. The van der Waals surface area contributed by atoms with Crippen molar-refractivity contribution < 1.29 is 14.3 Å². The van der Waals surface area contributed by atoms with E-state index in [1.807, 2.05) is 48.5 Å². The van der Waals surface area contributed by atoms with Crippen LogP contribution in [0.4, 0.5) is 0 Å². The summed E-state index contributed by atoms with van der Waals surface area (Å²) in [6.45, 7) is 0. The average molecular weight is 578 g/mol. The lowest BCUT2D eigenvalue weighted by molar-refractivity contribution is 0.0400. The first kappa shape index (κ1) is 18.4. The molecular formula is C22H12I2O3. The minimum absolute atomic E-state index is 0.384. The van der Waals surface area contributed by atoms with Crippen LogP contribution in [0.2, 0.25) is 0 Å². The number of fused-ring (bicyclic) bond motifs is 2. The summed E-state index contributed by atoms with van der Waals surface area (Å²) < 4.78 is 7.25. The van der Waals surface area contributed by atoms with Gasteiger partial charge in [0, 0.05) is 7.14 Å². The van der Waals surface area contributed by atoms with Crippen molar-refractivity contribution in [1.82, 2.24) is 0 Å². The molecule has 4 aromatic rings. The number of ether oxygens (including phenoxy) is 1. The van der Waals surface area contributed by atoms with Gasteiger partial charge in [-0.25, -0.2) is 9.59 Å². The molecule has 0 fully saturated rings. The molecule has 132 valence electrons. The fourth-order valence-electron chi connectivity index (χ4n) is 3.04. The molecule has 0 radical (unpaired) electrons. The van der Waals surface area contributed by atoms with Crippen LogP contribution in [0.5, 0.6) is 0 Å². The monoisotopic (exact) mass is 578 g/mol. The number of hydrogen-bond donors (Lipinski definition) is 0. The molecule has 0 N–H and O–H groups in total. The van der Waals surface area contributed by atoms with Gasteiger partial charge in [-0.15, -0.1) is 0 Å². The predicted octanol–water partition coefficient (Wildman–Crippen LogP) is 6.20. The Morgan fingerprint density at radius 2 is 1.07 bits per heavy atom. The molecule has 0 aliphatic heterocycles. The predicted molar refractivity (Wildman–Crippen MR) is 123 cm³/mol. The van der Waals surface area contributed by atoms with E-state index in [1.165, 1.54) is 0 Å². The minimum Gasteiger partial charge on any atom is -0.386 e. The van der Waals surface area contributed by atoms with E-state index in [1.54, 1.807) is 24.3 Å². The molecule has 4 rings (SSSR count). The van der Waals surface area contributed by atoms with E-state index in [0.717, 1.165) is 28.7 Å². The molecule has 0 bridgehead atoms. The van der Waals surface area contributed by atoms with Gasteiger partial charge >= 0.3 is 11.9 Å². The summed E-state index contributed by atoms with van der Waals surface area (Å²) in [6.07, 6.45) is 0. The number of carbonyl (C=O) groups is 2. The third-order valence-electron chi connectivity index (χ3n) is 4.31. The second kappa shape index (κ2) is 7.55. The van der Waals surface area contributed by atoms with E-state index < -0.39 is 11.9 Å². The second-order valence-electron chi connectivity index (χ2n) is 6.02. The van der Waals surface area contributed by atoms with Crippen LogP contribution in [-0.4, -0.2) is 11.9 Å². The highest BCUT2D eigenvalue weighted by atomic mass is 127. The molecule has 5 heteroatoms. The molecule has 0 atom stereocenters. The Morgan fingerprint density at radius 1 is 0.630 bits per heavy atom. The van der Waals surface area contributed by atoms with Crippen LogP contribution in [0.1, 0.15) is 20.7 Å². The molecule has 27 heavy (non-hydrogen) atoms. The summed E-state index contributed by atoms with van der Waals surface area (Å²) in [7, 11) is 0. The van der Waals surface area contributed by atoms with Gasteiger partial charge in [-0.2, -0.15) is 0 Å². The second-order valence-corrected chi connectivity index (χ2v) is 8.51. The standard InChI is InChI=1S/C22H12I2O3/c23-15-9-7-13-3-1-5-17(19(13)11-15)21(25)27-22(26)18-6-2-4-14-8-10-16(24)12-20(14)18/h1-12H. The maximum Gasteiger partial charge on any atom is 0.346 e. The van der Waals surface area contributed by atoms with E-state index in [4.69, 9.17) is 4.74 Å². The fourth-order valence-corrected chi connectivity index (χ4v) is 4.02. The number of benzene rings is 4. The SMILES string of the molecule is O=C(OC(=O)c1cccc2ccc(I)cc12)c1cccc2ccc(I)cc12. The topological polar surface area (TPSA) is 43.4 Å². The van der Waals surface area contributed by atoms with Crippen LogP contribution in [0.15, 0.2) is 72.8 Å². The molecule has 0 spiro atoms. The quantitative estimate of drug-likeness (QED) is 0.162. The maximum absolute atomic E-state index is 12.7. The van der Waals surface area contributed by atoms with Crippen molar-refractivity contribution in [3.8, 4) is 0 Å². The molecule has 0 heterocycles. The van der Waals surface area contributed by atoms with Gasteiger partial charge in [0.25, 0.3) is 0 Å². The van der Waals surface area contributed by atoms with E-state index in [2.05, 4.69) is 45.2 Å². The van der Waals surface area contributed by atoms with Crippen molar-refractivity contribution in [3.05, 3.63) is 91.1 Å². The van der Waals surface area contributed by atoms with E-state index in [-0.39, 0.29) is 0 Å². The lowest BCUT2D eigenvalue weighted by atomic mass is 10.0. The molecular weight excluding hydrogens is 566 g/mol. The van der Waals surface area contributed by atoms with Gasteiger partial charge in [-0.1, -0.05) is 36.4 Å². The van der Waals surface area contributed by atoms with Crippen molar-refractivity contribution in [2.24, 2.45) is 0 Å². The van der Waals surface area contributed by atoms with Crippen LogP contribution in [-0.2, 0) is 4.74 Å². The van der Waals surface area contributed by atoms with Crippen molar-refractivity contribution in [2.45, 2.75) is 0 Å². The molecule has 4 aromatic carbocycles. The summed E-state index contributed by atoms with van der Waals surface area (Å²) >= 11 is 4.39. The van der Waals surface area contributed by atoms with Gasteiger partial charge in [0.15, 0.2) is 0 Å². The minimum atomic E-state index is -0.643. The van der Waals surface area contributed by atoms with Crippen LogP contribution in [0.25, 0.3) is 21.5 Å². The average Bonchev–Trinajstić information content (AvgIpc) is 2.66. The number of esters is 2. The molecule has 0 aliphatic rings. The highest BCUT2D eigenvalue weighted by Gasteiger charge is 2.19. The van der Waals surface area contributed by atoms with Gasteiger partial charge in [0.05, 0.1) is 11.1 Å². The summed E-state index contributed by atoms with van der Waals surface area (Å²) in [4.78, 5) is 25.4. The first-order chi connectivity index (χ1) is 13.0. The third kappa shape index (κ3) is 3.70. The third-order valence-corrected chi connectivity index (χ3v) is 5.66. The first-order valence-corrected chi connectivity index (χ1v) is 10.3. The van der Waals surface area contributed by atoms with Gasteiger partial charge in [-0.05, 0) is 103 Å². The van der Waals surface area contributed by atoms with Crippen LogP contribution < -0.4 is 0 Å². The Kier molecular flexibility index (Phi) is 5.14. The smallest absolute Gasteiger partial charge is 0.346 e. The zero-order chi connectivity index (χ0) is 19.0. The van der Waals surface area contributed by atoms with Crippen LogP contribution >= 0.6 is 45.2 Å². The lowest BCUT2D eigenvalue weighted by Gasteiger charge is -2.09. The Bertz CT molecular complexity index is 1120. The van der Waals surface area contributed by atoms with Gasteiger partial charge in [-0.3, -0.25) is 0 Å². The molecule has 0 amide bonds. The van der Waals surface area contributed by atoms with E-state index in [9.17, 15) is 9.59 Å². The van der Waals surface area contributed by atoms with Crippen LogP contribution in [0, 0.1) is 7.14 Å². The fraction of sp³-hybridized carbons (Fsp3) is 0. The van der Waals surface area contributed by atoms with Crippen molar-refractivity contribution in [3.63, 3.8) is 0 Å². The van der Waals surface area contributed by atoms with Gasteiger partial charge in [0.2, 0.25) is 0 Å². The summed E-state index contributed by atoms with van der Waals surface area (Å²) in [5.41, 5.74) is 0.767. The zero-order valence-electron chi connectivity index (χ0n) is 13.9. The number of carbonyl (C=O) groups excluding carboxylic acids is 2. The highest BCUT2D eigenvalue weighted by molar-refractivity contribution is 14.1. The van der Waals surface area contributed by atoms with Gasteiger partial charge in [0.1, 0.15) is 0 Å². The number of hydrogen-bond acceptors (Lipinski definition) is 3. The Balaban J connectivity index is 1.71. The number of halogens is 2. The first-order valence-electron chi connectivity index (χ1n) is 8.16. The van der Waals surface area contributed by atoms with E-state index >= 15 is 0 Å². The van der Waals surface area contributed by atoms with Gasteiger partial charge < -0.3 is 4.74 Å². The Hall–Kier alpha value is -2.00. The molecule has 0 aliphatic carbocycles. The molecule has 0 saturated carbocycles. The molecule has 3 nitrogen and oxygen atoms in total. The molecule has 0 unspecified atom stereocenters. The van der Waals surface area contributed by atoms with E-state index in [0.29, 0.717) is 11.1 Å². The highest BCUT2D eigenvalue weighted by Crippen LogP contribution is 2.25. The summed E-state index contributed by atoms with van der Waals surface area (Å²) in [6, 6.07) is 22.5. The zero-order valence-corrected chi connectivity index (χ0v) is 18.2. The Morgan fingerprint density at radius 3 is 1.52 bits per heavy atom. The maximum atomic E-state index is 12.7. The van der Waals surface area contributed by atoms with Crippen molar-refractivity contribution in [1.29, 1.82) is 0 Å². The normalized spacial score (nSPS) is 10.9.